The van der Waals surface area contributed by atoms with Gasteiger partial charge in [-0.2, -0.15) is 0 Å². The molecule has 0 spiro atoms. The highest BCUT2D eigenvalue weighted by Gasteiger charge is 1.98. The first-order valence-electron chi connectivity index (χ1n) is 4.42. The van der Waals surface area contributed by atoms with Crippen molar-refractivity contribution < 1.29 is 5.11 Å². The van der Waals surface area contributed by atoms with Crippen molar-refractivity contribution in [1.82, 2.24) is 0 Å². The maximum absolute atomic E-state index is 8.59. The molecule has 1 N–H and O–H groups in total. The second-order valence-electron chi connectivity index (χ2n) is 3.11. The zero-order valence-corrected chi connectivity index (χ0v) is 7.27. The number of hydrogen-bond donors (Lipinski definition) is 1. The fourth-order valence-electron chi connectivity index (χ4n) is 1.11. The lowest BCUT2D eigenvalue weighted by molar-refractivity contribution is 0.256. The number of unbranched alkanes of at least 4 members (excludes halogenated alkanes) is 2. The summed E-state index contributed by atoms with van der Waals surface area (Å²) in [6.07, 6.45) is 6.23. The molecule has 10 heavy (non-hydrogen) atoms. The molecule has 0 heterocycles. The predicted molar refractivity (Wildman–Crippen MR) is 45.0 cm³/mol. The standard InChI is InChI=1S/C9H20O/c1-3-4-5-6-9(2)7-8-10/h9-10H,3-8H2,1-2H3. The summed E-state index contributed by atoms with van der Waals surface area (Å²) in [5.41, 5.74) is 0. The molecule has 0 bridgehead atoms. The van der Waals surface area contributed by atoms with Crippen molar-refractivity contribution in [2.75, 3.05) is 6.61 Å². The summed E-state index contributed by atoms with van der Waals surface area (Å²) in [6.45, 7) is 4.79. The van der Waals surface area contributed by atoms with Crippen molar-refractivity contribution in [2.45, 2.75) is 46.0 Å². The van der Waals surface area contributed by atoms with Gasteiger partial charge in [0.05, 0.1) is 0 Å². The van der Waals surface area contributed by atoms with Gasteiger partial charge in [0.15, 0.2) is 0 Å². The number of rotatable bonds is 6. The minimum atomic E-state index is 0.354. The van der Waals surface area contributed by atoms with E-state index in [1.54, 1.807) is 0 Å². The predicted octanol–water partition coefficient (Wildman–Crippen LogP) is 2.59. The van der Waals surface area contributed by atoms with E-state index in [2.05, 4.69) is 13.8 Å². The molecule has 0 rings (SSSR count). The van der Waals surface area contributed by atoms with Gasteiger partial charge in [0, 0.05) is 6.61 Å². The summed E-state index contributed by atoms with van der Waals surface area (Å²) < 4.78 is 0. The van der Waals surface area contributed by atoms with Crippen LogP contribution in [0.2, 0.25) is 0 Å². The van der Waals surface area contributed by atoms with Gasteiger partial charge in [0.25, 0.3) is 0 Å². The van der Waals surface area contributed by atoms with Gasteiger partial charge in [-0.25, -0.2) is 0 Å². The van der Waals surface area contributed by atoms with Crippen LogP contribution in [0.25, 0.3) is 0 Å². The zero-order valence-electron chi connectivity index (χ0n) is 7.27. The monoisotopic (exact) mass is 144 g/mol. The van der Waals surface area contributed by atoms with Gasteiger partial charge in [-0.1, -0.05) is 39.5 Å². The van der Waals surface area contributed by atoms with Gasteiger partial charge in [0.2, 0.25) is 0 Å². The SMILES string of the molecule is CCCCCC(C)CCO. The van der Waals surface area contributed by atoms with Gasteiger partial charge in [0.1, 0.15) is 0 Å². The van der Waals surface area contributed by atoms with Crippen LogP contribution in [0.1, 0.15) is 46.0 Å². The molecule has 1 unspecified atom stereocenters. The van der Waals surface area contributed by atoms with Gasteiger partial charge >= 0.3 is 0 Å². The molecule has 1 atom stereocenters. The summed E-state index contributed by atoms with van der Waals surface area (Å²) in [7, 11) is 0. The topological polar surface area (TPSA) is 20.2 Å². The molecule has 0 saturated carbocycles. The van der Waals surface area contributed by atoms with Crippen LogP contribution in [0.5, 0.6) is 0 Å². The Morgan fingerprint density at radius 3 is 2.40 bits per heavy atom. The second kappa shape index (κ2) is 7.07. The van der Waals surface area contributed by atoms with Crippen LogP contribution < -0.4 is 0 Å². The highest BCUT2D eigenvalue weighted by Crippen LogP contribution is 2.11. The lowest BCUT2D eigenvalue weighted by Crippen LogP contribution is -1.97. The van der Waals surface area contributed by atoms with Crippen molar-refractivity contribution in [3.8, 4) is 0 Å². The van der Waals surface area contributed by atoms with E-state index in [1.807, 2.05) is 0 Å². The van der Waals surface area contributed by atoms with E-state index < -0.39 is 0 Å². The Kier molecular flexibility index (Phi) is 7.04. The molecule has 0 aliphatic heterocycles. The van der Waals surface area contributed by atoms with Gasteiger partial charge in [-0.15, -0.1) is 0 Å². The third kappa shape index (κ3) is 6.09. The van der Waals surface area contributed by atoms with E-state index in [1.165, 1.54) is 25.7 Å². The highest BCUT2D eigenvalue weighted by atomic mass is 16.2. The summed E-state index contributed by atoms with van der Waals surface area (Å²) in [5.74, 6) is 0.719. The quantitative estimate of drug-likeness (QED) is 0.568. The first-order chi connectivity index (χ1) is 4.81. The Labute approximate surface area is 64.5 Å². The largest absolute Gasteiger partial charge is 0.396 e. The second-order valence-corrected chi connectivity index (χ2v) is 3.11. The Morgan fingerprint density at radius 1 is 1.20 bits per heavy atom. The van der Waals surface area contributed by atoms with Crippen molar-refractivity contribution in [1.29, 1.82) is 0 Å². The van der Waals surface area contributed by atoms with Gasteiger partial charge < -0.3 is 5.11 Å². The number of aliphatic hydroxyl groups excluding tert-OH is 1. The minimum Gasteiger partial charge on any atom is -0.396 e. The molecule has 1 heteroatoms. The van der Waals surface area contributed by atoms with E-state index >= 15 is 0 Å². The Bertz CT molecular complexity index is 61.7. The first kappa shape index (κ1) is 9.96. The third-order valence-corrected chi connectivity index (χ3v) is 1.92. The van der Waals surface area contributed by atoms with Crippen molar-refractivity contribution in [2.24, 2.45) is 5.92 Å². The summed E-state index contributed by atoms with van der Waals surface area (Å²) in [5, 5.41) is 8.59. The van der Waals surface area contributed by atoms with Gasteiger partial charge in [-0.05, 0) is 12.3 Å². The minimum absolute atomic E-state index is 0.354. The molecule has 0 amide bonds. The molecule has 0 aromatic carbocycles. The molecule has 0 fully saturated rings. The molecule has 0 radical (unpaired) electrons. The van der Waals surface area contributed by atoms with E-state index in [0.717, 1.165) is 12.3 Å². The molecule has 1 nitrogen and oxygen atoms in total. The Balaban J connectivity index is 2.97. The molecule has 0 aliphatic rings. The van der Waals surface area contributed by atoms with Crippen LogP contribution in [-0.2, 0) is 0 Å². The van der Waals surface area contributed by atoms with E-state index in [9.17, 15) is 0 Å². The fraction of sp³-hybridized carbons (Fsp3) is 1.00. The summed E-state index contributed by atoms with van der Waals surface area (Å²) in [6, 6.07) is 0. The Hall–Kier alpha value is -0.0400. The van der Waals surface area contributed by atoms with Crippen LogP contribution in [0.4, 0.5) is 0 Å². The van der Waals surface area contributed by atoms with E-state index in [-0.39, 0.29) is 0 Å². The summed E-state index contributed by atoms with van der Waals surface area (Å²) in [4.78, 5) is 0. The van der Waals surface area contributed by atoms with E-state index in [0.29, 0.717) is 6.61 Å². The average Bonchev–Trinajstić information content (AvgIpc) is 1.89. The van der Waals surface area contributed by atoms with Crippen molar-refractivity contribution in [3.63, 3.8) is 0 Å². The van der Waals surface area contributed by atoms with Crippen LogP contribution in [0.3, 0.4) is 0 Å². The first-order valence-corrected chi connectivity index (χ1v) is 4.42. The maximum Gasteiger partial charge on any atom is 0.0433 e. The Morgan fingerprint density at radius 2 is 1.90 bits per heavy atom. The highest BCUT2D eigenvalue weighted by molar-refractivity contribution is 4.51. The molecule has 0 aromatic rings. The molecule has 0 aromatic heterocycles. The lowest BCUT2D eigenvalue weighted by Gasteiger charge is -2.07. The van der Waals surface area contributed by atoms with Crippen molar-refractivity contribution in [3.05, 3.63) is 0 Å². The smallest absolute Gasteiger partial charge is 0.0433 e. The normalized spacial score (nSPS) is 13.5. The molecular formula is C9H20O. The average molecular weight is 144 g/mol. The van der Waals surface area contributed by atoms with Crippen LogP contribution in [0, 0.1) is 5.92 Å². The van der Waals surface area contributed by atoms with Gasteiger partial charge in [-0.3, -0.25) is 0 Å². The van der Waals surface area contributed by atoms with E-state index in [4.69, 9.17) is 5.11 Å². The third-order valence-electron chi connectivity index (χ3n) is 1.92. The fourth-order valence-corrected chi connectivity index (χ4v) is 1.11. The molecule has 62 valence electrons. The molecular weight excluding hydrogens is 124 g/mol. The molecule has 0 aliphatic carbocycles. The number of hydrogen-bond acceptors (Lipinski definition) is 1. The number of aliphatic hydroxyl groups is 1. The lowest BCUT2D eigenvalue weighted by atomic mass is 10.0. The summed E-state index contributed by atoms with van der Waals surface area (Å²) >= 11 is 0. The van der Waals surface area contributed by atoms with Crippen LogP contribution >= 0.6 is 0 Å². The van der Waals surface area contributed by atoms with Crippen molar-refractivity contribution >= 4 is 0 Å². The maximum atomic E-state index is 8.59. The molecule has 0 saturated heterocycles. The zero-order chi connectivity index (χ0) is 7.82. The van der Waals surface area contributed by atoms with Crippen LogP contribution in [-0.4, -0.2) is 11.7 Å². The van der Waals surface area contributed by atoms with Crippen LogP contribution in [0.15, 0.2) is 0 Å².